The van der Waals surface area contributed by atoms with Crippen molar-refractivity contribution in [1.29, 1.82) is 0 Å². The number of ether oxygens (including phenoxy) is 1. The van der Waals surface area contributed by atoms with Crippen LogP contribution < -0.4 is 14.4 Å². The summed E-state index contributed by atoms with van der Waals surface area (Å²) in [6, 6.07) is 8.09. The molecule has 0 radical (unpaired) electrons. The highest BCUT2D eigenvalue weighted by Crippen LogP contribution is 2.27. The standard InChI is InChI=1S/C16H20N2O4S2/c1-11(2)17-16(19)15-9-14(10-23-15)24(20,21)18(3)12-5-7-13(22-4)8-6-12/h5-11H,1-4H3,(H,17,19). The van der Waals surface area contributed by atoms with Gasteiger partial charge >= 0.3 is 0 Å². The Morgan fingerprint density at radius 2 is 1.88 bits per heavy atom. The minimum absolute atomic E-state index is 0.0124. The summed E-state index contributed by atoms with van der Waals surface area (Å²) in [5.74, 6) is 0.372. The summed E-state index contributed by atoms with van der Waals surface area (Å²) in [4.78, 5) is 12.4. The number of nitrogens with zero attached hydrogens (tertiary/aromatic N) is 1. The van der Waals surface area contributed by atoms with Crippen LogP contribution in [0.25, 0.3) is 0 Å². The van der Waals surface area contributed by atoms with Gasteiger partial charge in [-0.1, -0.05) is 0 Å². The summed E-state index contributed by atoms with van der Waals surface area (Å²) in [5.41, 5.74) is 0.509. The SMILES string of the molecule is COc1ccc(N(C)S(=O)(=O)c2csc(C(=O)NC(C)C)c2)cc1. The average molecular weight is 368 g/mol. The maximum absolute atomic E-state index is 12.7. The van der Waals surface area contributed by atoms with E-state index in [0.717, 1.165) is 11.3 Å². The summed E-state index contributed by atoms with van der Waals surface area (Å²) in [5, 5.41) is 4.22. The minimum atomic E-state index is -3.73. The zero-order valence-electron chi connectivity index (χ0n) is 13.9. The molecule has 0 fully saturated rings. The molecule has 0 saturated carbocycles. The fourth-order valence-electron chi connectivity index (χ4n) is 2.00. The van der Waals surface area contributed by atoms with Gasteiger partial charge in [-0.3, -0.25) is 9.10 Å². The fraction of sp³-hybridized carbons (Fsp3) is 0.312. The lowest BCUT2D eigenvalue weighted by atomic mass is 10.3. The lowest BCUT2D eigenvalue weighted by Crippen LogP contribution is -2.29. The van der Waals surface area contributed by atoms with Crippen molar-refractivity contribution in [3.8, 4) is 5.75 Å². The average Bonchev–Trinajstić information content (AvgIpc) is 3.04. The van der Waals surface area contributed by atoms with Gasteiger partial charge in [-0.2, -0.15) is 0 Å². The zero-order chi connectivity index (χ0) is 17.9. The molecule has 2 rings (SSSR count). The van der Waals surface area contributed by atoms with E-state index in [4.69, 9.17) is 4.74 Å². The number of nitrogens with one attached hydrogen (secondary N) is 1. The molecule has 1 N–H and O–H groups in total. The molecule has 0 unspecified atom stereocenters. The predicted molar refractivity (Wildman–Crippen MR) is 95.5 cm³/mol. The third-order valence-corrected chi connectivity index (χ3v) is 6.15. The van der Waals surface area contributed by atoms with Crippen molar-refractivity contribution >= 4 is 33.0 Å². The number of sulfonamides is 1. The molecule has 1 amide bonds. The zero-order valence-corrected chi connectivity index (χ0v) is 15.6. The Kier molecular flexibility index (Phi) is 5.51. The van der Waals surface area contributed by atoms with E-state index >= 15 is 0 Å². The van der Waals surface area contributed by atoms with Gasteiger partial charge in [0.15, 0.2) is 0 Å². The van der Waals surface area contributed by atoms with Crippen LogP contribution in [-0.2, 0) is 10.0 Å². The summed E-state index contributed by atoms with van der Waals surface area (Å²) in [6.07, 6.45) is 0. The van der Waals surface area contributed by atoms with Crippen LogP contribution in [-0.4, -0.2) is 34.5 Å². The third kappa shape index (κ3) is 3.88. The normalized spacial score (nSPS) is 11.4. The fourth-order valence-corrected chi connectivity index (χ4v) is 4.36. The molecule has 1 aromatic heterocycles. The number of hydrogen-bond acceptors (Lipinski definition) is 5. The molecule has 1 heterocycles. The van der Waals surface area contributed by atoms with Gasteiger partial charge in [0.2, 0.25) is 0 Å². The van der Waals surface area contributed by atoms with E-state index in [2.05, 4.69) is 5.32 Å². The van der Waals surface area contributed by atoms with Crippen molar-refractivity contribution < 1.29 is 17.9 Å². The number of carbonyl (C=O) groups is 1. The Hall–Kier alpha value is -2.06. The van der Waals surface area contributed by atoms with Gasteiger partial charge in [-0.15, -0.1) is 11.3 Å². The summed E-state index contributed by atoms with van der Waals surface area (Å²) in [7, 11) is -0.709. The first-order valence-corrected chi connectivity index (χ1v) is 9.60. The van der Waals surface area contributed by atoms with Gasteiger partial charge in [-0.05, 0) is 44.2 Å². The van der Waals surface area contributed by atoms with E-state index in [0.29, 0.717) is 16.3 Å². The van der Waals surface area contributed by atoms with Gasteiger partial charge in [0.05, 0.1) is 22.6 Å². The molecule has 24 heavy (non-hydrogen) atoms. The molecule has 0 aliphatic heterocycles. The maximum atomic E-state index is 12.7. The Morgan fingerprint density at radius 1 is 1.25 bits per heavy atom. The first-order valence-electron chi connectivity index (χ1n) is 7.28. The molecule has 0 saturated heterocycles. The molecule has 130 valence electrons. The predicted octanol–water partition coefficient (Wildman–Crippen LogP) is 2.72. The van der Waals surface area contributed by atoms with Crippen molar-refractivity contribution in [2.45, 2.75) is 24.8 Å². The lowest BCUT2D eigenvalue weighted by molar-refractivity contribution is 0.0947. The van der Waals surface area contributed by atoms with Crippen LogP contribution in [0.4, 0.5) is 5.69 Å². The van der Waals surface area contributed by atoms with Crippen molar-refractivity contribution in [1.82, 2.24) is 5.32 Å². The van der Waals surface area contributed by atoms with E-state index in [1.54, 1.807) is 31.4 Å². The van der Waals surface area contributed by atoms with E-state index in [9.17, 15) is 13.2 Å². The van der Waals surface area contributed by atoms with E-state index in [-0.39, 0.29) is 16.8 Å². The van der Waals surface area contributed by atoms with Gasteiger partial charge in [0.25, 0.3) is 15.9 Å². The Morgan fingerprint density at radius 3 is 2.42 bits per heavy atom. The van der Waals surface area contributed by atoms with Crippen LogP contribution in [0.15, 0.2) is 40.6 Å². The first-order chi connectivity index (χ1) is 11.3. The highest BCUT2D eigenvalue weighted by Gasteiger charge is 2.24. The van der Waals surface area contributed by atoms with Crippen LogP contribution in [0.3, 0.4) is 0 Å². The van der Waals surface area contributed by atoms with Crippen molar-refractivity contribution in [3.63, 3.8) is 0 Å². The van der Waals surface area contributed by atoms with Crippen molar-refractivity contribution in [2.24, 2.45) is 0 Å². The molecule has 0 aliphatic rings. The summed E-state index contributed by atoms with van der Waals surface area (Å²) >= 11 is 1.11. The number of methoxy groups -OCH3 is 1. The number of rotatable bonds is 6. The van der Waals surface area contributed by atoms with E-state index in [1.165, 1.54) is 22.8 Å². The second-order valence-electron chi connectivity index (χ2n) is 5.45. The molecule has 1 aromatic carbocycles. The molecule has 2 aromatic rings. The maximum Gasteiger partial charge on any atom is 0.264 e. The number of anilines is 1. The summed E-state index contributed by atoms with van der Waals surface area (Å²) < 4.78 is 31.7. The molecular formula is C16H20N2O4S2. The quantitative estimate of drug-likeness (QED) is 0.851. The second kappa shape index (κ2) is 7.23. The number of thiophene rings is 1. The van der Waals surface area contributed by atoms with Gasteiger partial charge in [0.1, 0.15) is 5.75 Å². The number of carbonyl (C=O) groups excluding carboxylic acids is 1. The molecule has 0 bridgehead atoms. The van der Waals surface area contributed by atoms with Crippen molar-refractivity contribution in [3.05, 3.63) is 40.6 Å². The largest absolute Gasteiger partial charge is 0.497 e. The molecular weight excluding hydrogens is 348 g/mol. The van der Waals surface area contributed by atoms with Gasteiger partial charge in [-0.25, -0.2) is 8.42 Å². The smallest absolute Gasteiger partial charge is 0.264 e. The van der Waals surface area contributed by atoms with Gasteiger partial charge < -0.3 is 10.1 Å². The van der Waals surface area contributed by atoms with Gasteiger partial charge in [0, 0.05) is 18.5 Å². The third-order valence-electron chi connectivity index (χ3n) is 3.31. The van der Waals surface area contributed by atoms with Crippen LogP contribution in [0.5, 0.6) is 5.75 Å². The van der Waals surface area contributed by atoms with E-state index < -0.39 is 10.0 Å². The molecule has 0 atom stereocenters. The topological polar surface area (TPSA) is 75.7 Å². The highest BCUT2D eigenvalue weighted by atomic mass is 32.2. The Labute approximate surface area is 146 Å². The molecule has 8 heteroatoms. The van der Waals surface area contributed by atoms with Crippen molar-refractivity contribution in [2.75, 3.05) is 18.5 Å². The minimum Gasteiger partial charge on any atom is -0.497 e. The van der Waals surface area contributed by atoms with Crippen LogP contribution in [0, 0.1) is 0 Å². The highest BCUT2D eigenvalue weighted by molar-refractivity contribution is 7.93. The lowest BCUT2D eigenvalue weighted by Gasteiger charge is -2.18. The number of benzene rings is 1. The number of hydrogen-bond donors (Lipinski definition) is 1. The van der Waals surface area contributed by atoms with Crippen LogP contribution in [0.2, 0.25) is 0 Å². The Balaban J connectivity index is 2.26. The van der Waals surface area contributed by atoms with Crippen LogP contribution >= 0.6 is 11.3 Å². The molecule has 0 spiro atoms. The number of amides is 1. The first kappa shape index (κ1) is 18.3. The Bertz CT molecular complexity index is 811. The van der Waals surface area contributed by atoms with E-state index in [1.807, 2.05) is 13.8 Å². The summed E-state index contributed by atoms with van der Waals surface area (Å²) in [6.45, 7) is 3.70. The molecule has 6 nitrogen and oxygen atoms in total. The van der Waals surface area contributed by atoms with Crippen LogP contribution in [0.1, 0.15) is 23.5 Å². The monoisotopic (exact) mass is 368 g/mol. The second-order valence-corrected chi connectivity index (χ2v) is 8.33. The molecule has 0 aliphatic carbocycles.